The van der Waals surface area contributed by atoms with Crippen molar-refractivity contribution in [1.29, 1.82) is 0 Å². The molecule has 2 fully saturated rings. The molecule has 29 heavy (non-hydrogen) atoms. The van der Waals surface area contributed by atoms with Crippen LogP contribution in [0.25, 0.3) is 10.7 Å². The molecule has 1 saturated heterocycles. The molecule has 1 amide bonds. The van der Waals surface area contributed by atoms with Crippen molar-refractivity contribution >= 4 is 27.3 Å². The van der Waals surface area contributed by atoms with Gasteiger partial charge in [0.25, 0.3) is 0 Å². The summed E-state index contributed by atoms with van der Waals surface area (Å²) in [6.45, 7) is 5.04. The van der Waals surface area contributed by atoms with Gasteiger partial charge in [0, 0.05) is 30.4 Å². The van der Waals surface area contributed by atoms with Crippen LogP contribution in [0.1, 0.15) is 55.7 Å². The zero-order chi connectivity index (χ0) is 20.6. The standard InChI is InChI=1S/C19H26N4O4S2/c1-3-8-20-18(24)14-5-4-9-23(11-14)29(25,26)16-10-15(28-12(16)2)17-21-19(27-22-17)13-6-7-13/h10,13-14H,3-9,11H2,1-2H3,(H,20,24)/t14-/m1/s1. The molecular weight excluding hydrogens is 412 g/mol. The average molecular weight is 439 g/mol. The molecule has 2 aromatic rings. The molecule has 3 heterocycles. The fourth-order valence-corrected chi connectivity index (χ4v) is 6.58. The Bertz CT molecular complexity index is 994. The number of hydrogen-bond donors (Lipinski definition) is 1. The SMILES string of the molecule is CCCNC(=O)[C@@H]1CCCN(S(=O)(=O)c2cc(-c3noc(C4CC4)n3)sc2C)C1. The normalized spacial score (nSPS) is 20.7. The van der Waals surface area contributed by atoms with Gasteiger partial charge in [-0.2, -0.15) is 9.29 Å². The predicted molar refractivity (Wildman–Crippen MR) is 109 cm³/mol. The summed E-state index contributed by atoms with van der Waals surface area (Å²) in [5.74, 6) is 1.06. The minimum absolute atomic E-state index is 0.0612. The van der Waals surface area contributed by atoms with Gasteiger partial charge in [0.05, 0.1) is 15.7 Å². The first-order valence-corrected chi connectivity index (χ1v) is 12.4. The summed E-state index contributed by atoms with van der Waals surface area (Å²) in [5, 5.41) is 6.91. The van der Waals surface area contributed by atoms with E-state index < -0.39 is 10.0 Å². The molecule has 2 aromatic heterocycles. The Hall–Kier alpha value is -1.78. The van der Waals surface area contributed by atoms with E-state index in [0.29, 0.717) is 53.3 Å². The number of aromatic nitrogens is 2. The van der Waals surface area contributed by atoms with Crippen molar-refractivity contribution in [2.75, 3.05) is 19.6 Å². The number of piperidine rings is 1. The number of hydrogen-bond acceptors (Lipinski definition) is 7. The van der Waals surface area contributed by atoms with E-state index in [4.69, 9.17) is 4.52 Å². The van der Waals surface area contributed by atoms with E-state index in [1.807, 2.05) is 6.92 Å². The van der Waals surface area contributed by atoms with Crippen molar-refractivity contribution in [2.45, 2.75) is 56.8 Å². The quantitative estimate of drug-likeness (QED) is 0.713. The number of aryl methyl sites for hydroxylation is 1. The summed E-state index contributed by atoms with van der Waals surface area (Å²) in [6.07, 6.45) is 4.37. The fourth-order valence-electron chi connectivity index (χ4n) is 3.57. The van der Waals surface area contributed by atoms with E-state index in [-0.39, 0.29) is 23.3 Å². The maximum atomic E-state index is 13.3. The lowest BCUT2D eigenvalue weighted by atomic mass is 9.99. The number of nitrogens with zero attached hydrogens (tertiary/aromatic N) is 3. The Kier molecular flexibility index (Phi) is 5.76. The molecule has 1 aliphatic carbocycles. The molecule has 0 aromatic carbocycles. The molecule has 0 bridgehead atoms. The minimum Gasteiger partial charge on any atom is -0.356 e. The van der Waals surface area contributed by atoms with Crippen LogP contribution in [0, 0.1) is 12.8 Å². The summed E-state index contributed by atoms with van der Waals surface area (Å²) >= 11 is 1.35. The Morgan fingerprint density at radius 3 is 2.90 bits per heavy atom. The van der Waals surface area contributed by atoms with Crippen molar-refractivity contribution < 1.29 is 17.7 Å². The second kappa shape index (κ2) is 8.16. The van der Waals surface area contributed by atoms with Gasteiger partial charge in [-0.1, -0.05) is 12.1 Å². The fraction of sp³-hybridized carbons (Fsp3) is 0.632. The van der Waals surface area contributed by atoms with Gasteiger partial charge >= 0.3 is 0 Å². The zero-order valence-corrected chi connectivity index (χ0v) is 18.3. The lowest BCUT2D eigenvalue weighted by Gasteiger charge is -2.31. The van der Waals surface area contributed by atoms with Crippen LogP contribution in [0.3, 0.4) is 0 Å². The highest BCUT2D eigenvalue weighted by Gasteiger charge is 2.35. The molecule has 1 saturated carbocycles. The molecule has 0 spiro atoms. The van der Waals surface area contributed by atoms with E-state index in [0.717, 1.165) is 19.3 Å². The van der Waals surface area contributed by atoms with Crippen molar-refractivity contribution in [2.24, 2.45) is 5.92 Å². The van der Waals surface area contributed by atoms with Gasteiger partial charge in [0.2, 0.25) is 27.6 Å². The average Bonchev–Trinajstić information content (AvgIpc) is 3.31. The first-order valence-electron chi connectivity index (χ1n) is 10.1. The number of carbonyl (C=O) groups is 1. The monoisotopic (exact) mass is 438 g/mol. The number of thiophene rings is 1. The van der Waals surface area contributed by atoms with Gasteiger partial charge in [-0.05, 0) is 45.1 Å². The van der Waals surface area contributed by atoms with Crippen LogP contribution in [0.2, 0.25) is 0 Å². The second-order valence-electron chi connectivity index (χ2n) is 7.75. The molecule has 158 valence electrons. The van der Waals surface area contributed by atoms with Crippen LogP contribution in [-0.4, -0.2) is 48.4 Å². The molecule has 0 unspecified atom stereocenters. The third-order valence-electron chi connectivity index (χ3n) is 5.38. The van der Waals surface area contributed by atoms with E-state index in [2.05, 4.69) is 15.5 Å². The van der Waals surface area contributed by atoms with E-state index in [1.54, 1.807) is 13.0 Å². The lowest BCUT2D eigenvalue weighted by Crippen LogP contribution is -2.45. The van der Waals surface area contributed by atoms with Gasteiger partial charge in [0.1, 0.15) is 0 Å². The van der Waals surface area contributed by atoms with Crippen LogP contribution < -0.4 is 5.32 Å². The van der Waals surface area contributed by atoms with Gasteiger partial charge in [-0.3, -0.25) is 4.79 Å². The van der Waals surface area contributed by atoms with E-state index in [1.165, 1.54) is 15.6 Å². The maximum Gasteiger partial charge on any atom is 0.244 e. The van der Waals surface area contributed by atoms with Crippen LogP contribution in [0.4, 0.5) is 0 Å². The van der Waals surface area contributed by atoms with Crippen LogP contribution in [-0.2, 0) is 14.8 Å². The van der Waals surface area contributed by atoms with Gasteiger partial charge in [0.15, 0.2) is 0 Å². The molecule has 4 rings (SSSR count). The third-order valence-corrected chi connectivity index (χ3v) is 8.55. The zero-order valence-electron chi connectivity index (χ0n) is 16.7. The highest BCUT2D eigenvalue weighted by atomic mass is 32.2. The Morgan fingerprint density at radius 1 is 1.38 bits per heavy atom. The first kappa shape index (κ1) is 20.5. The highest BCUT2D eigenvalue weighted by Crippen LogP contribution is 2.41. The highest BCUT2D eigenvalue weighted by molar-refractivity contribution is 7.89. The summed E-state index contributed by atoms with van der Waals surface area (Å²) in [5.41, 5.74) is 0. The largest absolute Gasteiger partial charge is 0.356 e. The summed E-state index contributed by atoms with van der Waals surface area (Å²) in [4.78, 5) is 18.4. The Balaban J connectivity index is 1.53. The molecule has 2 aliphatic rings. The Morgan fingerprint density at radius 2 is 2.17 bits per heavy atom. The first-order chi connectivity index (χ1) is 13.9. The van der Waals surface area contributed by atoms with Crippen LogP contribution >= 0.6 is 11.3 Å². The third kappa shape index (κ3) is 4.24. The van der Waals surface area contributed by atoms with Gasteiger partial charge < -0.3 is 9.84 Å². The van der Waals surface area contributed by atoms with Crippen LogP contribution in [0.5, 0.6) is 0 Å². The molecule has 8 nitrogen and oxygen atoms in total. The maximum absolute atomic E-state index is 13.3. The second-order valence-corrected chi connectivity index (χ2v) is 10.9. The number of nitrogens with one attached hydrogen (secondary N) is 1. The summed E-state index contributed by atoms with van der Waals surface area (Å²) in [6, 6.07) is 1.64. The van der Waals surface area contributed by atoms with E-state index in [9.17, 15) is 13.2 Å². The number of rotatable bonds is 7. The van der Waals surface area contributed by atoms with Crippen molar-refractivity contribution in [3.8, 4) is 10.7 Å². The predicted octanol–water partition coefficient (Wildman–Crippen LogP) is 2.91. The van der Waals surface area contributed by atoms with Crippen molar-refractivity contribution in [1.82, 2.24) is 19.8 Å². The molecule has 1 N–H and O–H groups in total. The Labute approximate surface area is 174 Å². The van der Waals surface area contributed by atoms with E-state index >= 15 is 0 Å². The number of amides is 1. The minimum atomic E-state index is -3.69. The van der Waals surface area contributed by atoms with Crippen molar-refractivity contribution in [3.05, 3.63) is 16.8 Å². The molecule has 10 heteroatoms. The van der Waals surface area contributed by atoms with Gasteiger partial charge in [-0.25, -0.2) is 8.42 Å². The number of sulfonamides is 1. The lowest BCUT2D eigenvalue weighted by molar-refractivity contribution is -0.126. The molecule has 0 radical (unpaired) electrons. The molecular formula is C19H26N4O4S2. The van der Waals surface area contributed by atoms with Crippen molar-refractivity contribution in [3.63, 3.8) is 0 Å². The summed E-state index contributed by atoms with van der Waals surface area (Å²) < 4.78 is 33.3. The molecule has 1 aliphatic heterocycles. The topological polar surface area (TPSA) is 105 Å². The molecule has 1 atom stereocenters. The summed E-state index contributed by atoms with van der Waals surface area (Å²) in [7, 11) is -3.69. The van der Waals surface area contributed by atoms with Crippen LogP contribution in [0.15, 0.2) is 15.5 Å². The smallest absolute Gasteiger partial charge is 0.244 e. The number of carbonyl (C=O) groups excluding carboxylic acids is 1. The van der Waals surface area contributed by atoms with Gasteiger partial charge in [-0.15, -0.1) is 11.3 Å².